The van der Waals surface area contributed by atoms with Crippen LogP contribution in [-0.4, -0.2) is 28.6 Å². The third kappa shape index (κ3) is 5.90. The Bertz CT molecular complexity index is 1190. The molecule has 0 aliphatic heterocycles. The number of nitrogens with one attached hydrogen (secondary N) is 2. The maximum atomic E-state index is 13.0. The molecule has 33 heavy (non-hydrogen) atoms. The monoisotopic (exact) mass is 456 g/mol. The molecule has 0 aliphatic carbocycles. The lowest BCUT2D eigenvalue weighted by Gasteiger charge is -2.17. The summed E-state index contributed by atoms with van der Waals surface area (Å²) >= 11 is 1.32. The van der Waals surface area contributed by atoms with E-state index in [4.69, 9.17) is 0 Å². The Morgan fingerprint density at radius 2 is 1.55 bits per heavy atom. The SMILES string of the molecule is Cc1cccc(-c2nnc(NC(=O)CCNC(=O)C(c3ccccc3)c3ccccc3)s2)c1. The van der Waals surface area contributed by atoms with Gasteiger partial charge in [0, 0.05) is 18.5 Å². The molecule has 6 nitrogen and oxygen atoms in total. The fourth-order valence-corrected chi connectivity index (χ4v) is 4.29. The van der Waals surface area contributed by atoms with Gasteiger partial charge in [0.05, 0.1) is 5.92 Å². The second kappa shape index (κ2) is 10.7. The topological polar surface area (TPSA) is 84.0 Å². The molecule has 3 aromatic carbocycles. The van der Waals surface area contributed by atoms with Crippen molar-refractivity contribution < 1.29 is 9.59 Å². The zero-order valence-electron chi connectivity index (χ0n) is 18.2. The maximum Gasteiger partial charge on any atom is 0.232 e. The third-order valence-corrected chi connectivity index (χ3v) is 6.00. The van der Waals surface area contributed by atoms with Crippen LogP contribution in [0.4, 0.5) is 5.13 Å². The first kappa shape index (κ1) is 22.4. The predicted octanol–water partition coefficient (Wildman–Crippen LogP) is 4.79. The number of amides is 2. The van der Waals surface area contributed by atoms with Crippen molar-refractivity contribution in [3.63, 3.8) is 0 Å². The number of hydrogen-bond acceptors (Lipinski definition) is 5. The summed E-state index contributed by atoms with van der Waals surface area (Å²) in [6.07, 6.45) is 0.140. The van der Waals surface area contributed by atoms with Crippen LogP contribution in [-0.2, 0) is 9.59 Å². The van der Waals surface area contributed by atoms with Gasteiger partial charge in [-0.15, -0.1) is 10.2 Å². The number of nitrogens with zero attached hydrogens (tertiary/aromatic N) is 2. The summed E-state index contributed by atoms with van der Waals surface area (Å²) in [7, 11) is 0. The van der Waals surface area contributed by atoms with Crippen LogP contribution in [0.2, 0.25) is 0 Å². The van der Waals surface area contributed by atoms with Crippen LogP contribution in [0.5, 0.6) is 0 Å². The molecule has 0 unspecified atom stereocenters. The van der Waals surface area contributed by atoms with Gasteiger partial charge >= 0.3 is 0 Å². The van der Waals surface area contributed by atoms with Crippen LogP contribution in [0.1, 0.15) is 29.0 Å². The van der Waals surface area contributed by atoms with Crippen LogP contribution in [0.3, 0.4) is 0 Å². The molecule has 1 heterocycles. The summed E-state index contributed by atoms with van der Waals surface area (Å²) < 4.78 is 0. The number of carbonyl (C=O) groups is 2. The molecule has 2 amide bonds. The number of aryl methyl sites for hydroxylation is 1. The molecular weight excluding hydrogens is 432 g/mol. The smallest absolute Gasteiger partial charge is 0.232 e. The Kier molecular flexibility index (Phi) is 7.22. The average molecular weight is 457 g/mol. The van der Waals surface area contributed by atoms with Crippen LogP contribution in [0.25, 0.3) is 10.6 Å². The van der Waals surface area contributed by atoms with Gasteiger partial charge in [0.2, 0.25) is 16.9 Å². The first-order chi connectivity index (χ1) is 16.1. The molecule has 1 aromatic heterocycles. The molecule has 0 fully saturated rings. The normalized spacial score (nSPS) is 10.7. The minimum Gasteiger partial charge on any atom is -0.355 e. The second-order valence-corrected chi connectivity index (χ2v) is 8.60. The molecule has 166 valence electrons. The van der Waals surface area contributed by atoms with Crippen molar-refractivity contribution in [1.29, 1.82) is 0 Å². The molecular formula is C26H24N4O2S. The van der Waals surface area contributed by atoms with E-state index in [9.17, 15) is 9.59 Å². The zero-order chi connectivity index (χ0) is 23.0. The Hall–Kier alpha value is -3.84. The highest BCUT2D eigenvalue weighted by Crippen LogP contribution is 2.27. The number of rotatable bonds is 8. The fraction of sp³-hybridized carbons (Fsp3) is 0.154. The second-order valence-electron chi connectivity index (χ2n) is 7.63. The number of benzene rings is 3. The van der Waals surface area contributed by atoms with Crippen molar-refractivity contribution in [2.45, 2.75) is 19.3 Å². The Balaban J connectivity index is 1.34. The van der Waals surface area contributed by atoms with Gasteiger partial charge in [-0.25, -0.2) is 0 Å². The predicted molar refractivity (Wildman–Crippen MR) is 131 cm³/mol. The molecule has 2 N–H and O–H groups in total. The first-order valence-electron chi connectivity index (χ1n) is 10.7. The van der Waals surface area contributed by atoms with Gasteiger partial charge < -0.3 is 10.6 Å². The molecule has 0 aliphatic rings. The molecule has 0 saturated carbocycles. The number of carbonyl (C=O) groups excluding carboxylic acids is 2. The largest absolute Gasteiger partial charge is 0.355 e. The van der Waals surface area contributed by atoms with Gasteiger partial charge in [-0.3, -0.25) is 9.59 Å². The lowest BCUT2D eigenvalue weighted by molar-refractivity contribution is -0.121. The molecule has 0 bridgehead atoms. The summed E-state index contributed by atoms with van der Waals surface area (Å²) in [5, 5.41) is 15.1. The fourth-order valence-electron chi connectivity index (χ4n) is 3.54. The summed E-state index contributed by atoms with van der Waals surface area (Å²) in [4.78, 5) is 25.4. The van der Waals surface area contributed by atoms with Gasteiger partial charge in [0.25, 0.3) is 0 Å². The van der Waals surface area contributed by atoms with Crippen molar-refractivity contribution >= 4 is 28.3 Å². The number of aromatic nitrogens is 2. The van der Waals surface area contributed by atoms with Crippen LogP contribution < -0.4 is 10.6 Å². The van der Waals surface area contributed by atoms with Crippen LogP contribution >= 0.6 is 11.3 Å². The van der Waals surface area contributed by atoms with Gasteiger partial charge in [0.1, 0.15) is 5.01 Å². The van der Waals surface area contributed by atoms with E-state index >= 15 is 0 Å². The van der Waals surface area contributed by atoms with Gasteiger partial charge in [-0.1, -0.05) is 95.8 Å². The summed E-state index contributed by atoms with van der Waals surface area (Å²) in [6.45, 7) is 2.24. The van der Waals surface area contributed by atoms with Crippen molar-refractivity contribution in [2.24, 2.45) is 0 Å². The van der Waals surface area contributed by atoms with E-state index in [1.54, 1.807) is 0 Å². The van der Waals surface area contributed by atoms with Crippen molar-refractivity contribution in [3.8, 4) is 10.6 Å². The van der Waals surface area contributed by atoms with E-state index in [1.165, 1.54) is 11.3 Å². The molecule has 4 aromatic rings. The quantitative estimate of drug-likeness (QED) is 0.399. The first-order valence-corrected chi connectivity index (χ1v) is 11.5. The van der Waals surface area contributed by atoms with E-state index in [-0.39, 0.29) is 24.8 Å². The van der Waals surface area contributed by atoms with Crippen LogP contribution in [0.15, 0.2) is 84.9 Å². The zero-order valence-corrected chi connectivity index (χ0v) is 19.0. The maximum absolute atomic E-state index is 13.0. The summed E-state index contributed by atoms with van der Waals surface area (Å²) in [5.41, 5.74) is 3.91. The van der Waals surface area contributed by atoms with Crippen LogP contribution in [0, 0.1) is 6.92 Å². The summed E-state index contributed by atoms with van der Waals surface area (Å²) in [6, 6.07) is 27.2. The Morgan fingerprint density at radius 3 is 2.18 bits per heavy atom. The molecule has 0 atom stereocenters. The van der Waals surface area contributed by atoms with Crippen molar-refractivity contribution in [1.82, 2.24) is 15.5 Å². The lowest BCUT2D eigenvalue weighted by Crippen LogP contribution is -2.32. The van der Waals surface area contributed by atoms with Crippen molar-refractivity contribution in [2.75, 3.05) is 11.9 Å². The minimum absolute atomic E-state index is 0.140. The average Bonchev–Trinajstić information content (AvgIpc) is 3.29. The molecule has 4 rings (SSSR count). The van der Waals surface area contributed by atoms with Gasteiger partial charge in [-0.05, 0) is 24.1 Å². The highest BCUT2D eigenvalue weighted by molar-refractivity contribution is 7.18. The third-order valence-electron chi connectivity index (χ3n) is 5.12. The van der Waals surface area contributed by atoms with E-state index in [2.05, 4.69) is 20.8 Å². The number of anilines is 1. The minimum atomic E-state index is -0.435. The molecule has 7 heteroatoms. The lowest BCUT2D eigenvalue weighted by atomic mass is 9.90. The van der Waals surface area contributed by atoms with E-state index in [0.29, 0.717) is 5.13 Å². The van der Waals surface area contributed by atoms with Gasteiger partial charge in [0.15, 0.2) is 0 Å². The summed E-state index contributed by atoms with van der Waals surface area (Å²) in [5.74, 6) is -0.799. The Morgan fingerprint density at radius 1 is 0.879 bits per heavy atom. The van der Waals surface area contributed by atoms with Gasteiger partial charge in [-0.2, -0.15) is 0 Å². The van der Waals surface area contributed by atoms with Crippen molar-refractivity contribution in [3.05, 3.63) is 102 Å². The Labute approximate surface area is 196 Å². The molecule has 0 spiro atoms. The van der Waals surface area contributed by atoms with E-state index in [0.717, 1.165) is 27.3 Å². The number of hydrogen-bond donors (Lipinski definition) is 2. The standard InChI is InChI=1S/C26H24N4O2S/c1-18-9-8-14-21(17-18)25-29-30-26(33-25)28-22(31)15-16-27-24(32)23(19-10-4-2-5-11-19)20-12-6-3-7-13-20/h2-14,17,23H,15-16H2,1H3,(H,27,32)(H,28,30,31). The molecule has 0 saturated heterocycles. The highest BCUT2D eigenvalue weighted by atomic mass is 32.1. The molecule has 0 radical (unpaired) electrons. The van der Waals surface area contributed by atoms with E-state index < -0.39 is 5.92 Å². The van der Waals surface area contributed by atoms with E-state index in [1.807, 2.05) is 91.9 Å². The highest BCUT2D eigenvalue weighted by Gasteiger charge is 2.22.